The first kappa shape index (κ1) is 11.2. The number of fused-ring (bicyclic) bond motifs is 1. The highest BCUT2D eigenvalue weighted by molar-refractivity contribution is 7.15. The molecule has 0 aliphatic rings. The Labute approximate surface area is 107 Å². The van der Waals surface area contributed by atoms with Gasteiger partial charge >= 0.3 is 0 Å². The van der Waals surface area contributed by atoms with E-state index in [0.29, 0.717) is 12.2 Å². The molecule has 6 heteroatoms. The van der Waals surface area contributed by atoms with Gasteiger partial charge in [-0.15, -0.1) is 16.4 Å². The van der Waals surface area contributed by atoms with Crippen molar-refractivity contribution in [1.82, 2.24) is 14.6 Å². The highest BCUT2D eigenvalue weighted by Crippen LogP contribution is 2.16. The van der Waals surface area contributed by atoms with E-state index >= 15 is 0 Å². The molecule has 3 aromatic rings. The SMILES string of the molecule is Nc1csc2nc(CCc3cccc(F)c3)nn12. The minimum atomic E-state index is -0.212. The molecule has 2 aromatic heterocycles. The third-order valence-corrected chi connectivity index (χ3v) is 3.51. The number of hydrogen-bond donors (Lipinski definition) is 1. The summed E-state index contributed by atoms with van der Waals surface area (Å²) < 4.78 is 14.6. The number of anilines is 1. The summed E-state index contributed by atoms with van der Waals surface area (Å²) >= 11 is 1.46. The predicted molar refractivity (Wildman–Crippen MR) is 69.1 cm³/mol. The smallest absolute Gasteiger partial charge is 0.214 e. The summed E-state index contributed by atoms with van der Waals surface area (Å²) in [5.74, 6) is 1.12. The fraction of sp³-hybridized carbons (Fsp3) is 0.167. The number of hydrogen-bond acceptors (Lipinski definition) is 4. The van der Waals surface area contributed by atoms with Crippen LogP contribution in [0.15, 0.2) is 29.6 Å². The molecular formula is C12H11FN4S. The molecule has 3 rings (SSSR count). The van der Waals surface area contributed by atoms with Crippen molar-refractivity contribution in [2.45, 2.75) is 12.8 Å². The first-order valence-corrected chi connectivity index (χ1v) is 6.43. The molecule has 0 atom stereocenters. The molecule has 2 N–H and O–H groups in total. The number of nitrogen functional groups attached to an aromatic ring is 1. The molecule has 0 radical (unpaired) electrons. The van der Waals surface area contributed by atoms with E-state index in [-0.39, 0.29) is 5.82 Å². The lowest BCUT2D eigenvalue weighted by Crippen LogP contribution is -1.97. The van der Waals surface area contributed by atoms with Gasteiger partial charge in [0.1, 0.15) is 11.6 Å². The molecule has 4 nitrogen and oxygen atoms in total. The van der Waals surface area contributed by atoms with Crippen LogP contribution in [0.2, 0.25) is 0 Å². The van der Waals surface area contributed by atoms with Gasteiger partial charge in [-0.05, 0) is 24.1 Å². The number of benzene rings is 1. The largest absolute Gasteiger partial charge is 0.383 e. The highest BCUT2D eigenvalue weighted by Gasteiger charge is 2.07. The number of halogens is 1. The number of nitrogens with two attached hydrogens (primary N) is 1. The maximum Gasteiger partial charge on any atom is 0.214 e. The highest BCUT2D eigenvalue weighted by atomic mass is 32.1. The molecule has 0 fully saturated rings. The zero-order valence-corrected chi connectivity index (χ0v) is 10.3. The monoisotopic (exact) mass is 262 g/mol. The van der Waals surface area contributed by atoms with Crippen molar-refractivity contribution < 1.29 is 4.39 Å². The normalized spacial score (nSPS) is 11.2. The van der Waals surface area contributed by atoms with E-state index in [2.05, 4.69) is 10.1 Å². The van der Waals surface area contributed by atoms with Crippen LogP contribution in [0.3, 0.4) is 0 Å². The average molecular weight is 262 g/mol. The zero-order valence-electron chi connectivity index (χ0n) is 9.51. The maximum absolute atomic E-state index is 13.0. The quantitative estimate of drug-likeness (QED) is 0.788. The molecule has 18 heavy (non-hydrogen) atoms. The van der Waals surface area contributed by atoms with Gasteiger partial charge in [-0.25, -0.2) is 9.37 Å². The zero-order chi connectivity index (χ0) is 12.5. The van der Waals surface area contributed by atoms with Gasteiger partial charge in [-0.1, -0.05) is 12.1 Å². The van der Waals surface area contributed by atoms with Crippen molar-refractivity contribution in [1.29, 1.82) is 0 Å². The third-order valence-electron chi connectivity index (χ3n) is 2.68. The van der Waals surface area contributed by atoms with Gasteiger partial charge in [0.2, 0.25) is 4.96 Å². The number of aryl methyl sites for hydroxylation is 2. The molecule has 0 saturated heterocycles. The van der Waals surface area contributed by atoms with E-state index < -0.39 is 0 Å². The summed E-state index contributed by atoms with van der Waals surface area (Å²) in [5, 5.41) is 6.12. The fourth-order valence-corrected chi connectivity index (χ4v) is 2.53. The summed E-state index contributed by atoms with van der Waals surface area (Å²) in [6.07, 6.45) is 1.40. The van der Waals surface area contributed by atoms with Gasteiger partial charge in [0.05, 0.1) is 0 Å². The Morgan fingerprint density at radius 2 is 2.22 bits per heavy atom. The van der Waals surface area contributed by atoms with Crippen LogP contribution < -0.4 is 5.73 Å². The summed E-state index contributed by atoms with van der Waals surface area (Å²) in [7, 11) is 0. The Hall–Kier alpha value is -1.95. The van der Waals surface area contributed by atoms with Crippen molar-refractivity contribution in [2.75, 3.05) is 5.73 Å². The molecule has 0 amide bonds. The molecule has 0 saturated carbocycles. The van der Waals surface area contributed by atoms with Gasteiger partial charge in [0.15, 0.2) is 5.82 Å². The Bertz CT molecular complexity index is 688. The summed E-state index contributed by atoms with van der Waals surface area (Å²) in [6, 6.07) is 6.58. The van der Waals surface area contributed by atoms with Crippen molar-refractivity contribution in [3.8, 4) is 0 Å². The maximum atomic E-state index is 13.0. The van der Waals surface area contributed by atoms with Crippen LogP contribution in [0.5, 0.6) is 0 Å². The molecule has 0 aliphatic heterocycles. The lowest BCUT2D eigenvalue weighted by molar-refractivity contribution is 0.625. The molecule has 0 unspecified atom stereocenters. The number of rotatable bonds is 3. The lowest BCUT2D eigenvalue weighted by Gasteiger charge is -1.98. The second-order valence-electron chi connectivity index (χ2n) is 4.01. The van der Waals surface area contributed by atoms with Gasteiger partial charge in [-0.3, -0.25) is 0 Å². The number of nitrogens with zero attached hydrogens (tertiary/aromatic N) is 3. The van der Waals surface area contributed by atoms with Gasteiger partial charge < -0.3 is 5.73 Å². The average Bonchev–Trinajstić information content (AvgIpc) is 2.90. The van der Waals surface area contributed by atoms with E-state index in [9.17, 15) is 4.39 Å². The van der Waals surface area contributed by atoms with Crippen LogP contribution in [0.1, 0.15) is 11.4 Å². The second kappa shape index (κ2) is 4.38. The fourth-order valence-electron chi connectivity index (χ4n) is 1.80. The minimum absolute atomic E-state index is 0.212. The van der Waals surface area contributed by atoms with Crippen molar-refractivity contribution in [3.63, 3.8) is 0 Å². The molecule has 0 aliphatic carbocycles. The van der Waals surface area contributed by atoms with Crippen molar-refractivity contribution in [3.05, 3.63) is 46.9 Å². The van der Waals surface area contributed by atoms with Gasteiger partial charge in [0, 0.05) is 11.8 Å². The third kappa shape index (κ3) is 2.06. The van der Waals surface area contributed by atoms with E-state index in [1.165, 1.54) is 23.5 Å². The lowest BCUT2D eigenvalue weighted by atomic mass is 10.1. The molecule has 0 bridgehead atoms. The number of thiazole rings is 1. The molecule has 92 valence electrons. The molecule has 1 aromatic carbocycles. The van der Waals surface area contributed by atoms with Crippen LogP contribution >= 0.6 is 11.3 Å². The minimum Gasteiger partial charge on any atom is -0.383 e. The van der Waals surface area contributed by atoms with Crippen LogP contribution in [0.4, 0.5) is 10.2 Å². The standard InChI is InChI=1S/C12H11FN4S/c13-9-3-1-2-8(6-9)4-5-11-15-12-17(16-11)10(14)7-18-12/h1-3,6-7H,4-5,14H2. The van der Waals surface area contributed by atoms with Crippen LogP contribution in [-0.4, -0.2) is 14.6 Å². The Morgan fingerprint density at radius 1 is 1.33 bits per heavy atom. The van der Waals surface area contributed by atoms with E-state index in [0.717, 1.165) is 22.8 Å². The Kier molecular flexibility index (Phi) is 2.71. The van der Waals surface area contributed by atoms with Crippen molar-refractivity contribution in [2.24, 2.45) is 0 Å². The van der Waals surface area contributed by atoms with Crippen LogP contribution in [0.25, 0.3) is 4.96 Å². The van der Waals surface area contributed by atoms with E-state index in [4.69, 9.17) is 5.73 Å². The molecule has 0 spiro atoms. The number of aromatic nitrogens is 3. The van der Waals surface area contributed by atoms with Crippen molar-refractivity contribution >= 4 is 22.1 Å². The second-order valence-corrected chi connectivity index (χ2v) is 4.85. The summed E-state index contributed by atoms with van der Waals surface area (Å²) in [5.41, 5.74) is 6.68. The van der Waals surface area contributed by atoms with Gasteiger partial charge in [-0.2, -0.15) is 4.52 Å². The predicted octanol–water partition coefficient (Wildman–Crippen LogP) is 2.30. The van der Waals surface area contributed by atoms with Crippen LogP contribution in [0, 0.1) is 5.82 Å². The first-order valence-electron chi connectivity index (χ1n) is 5.55. The molecule has 2 heterocycles. The van der Waals surface area contributed by atoms with Gasteiger partial charge in [0.25, 0.3) is 0 Å². The Balaban J connectivity index is 1.76. The van der Waals surface area contributed by atoms with Crippen LogP contribution in [-0.2, 0) is 12.8 Å². The Morgan fingerprint density at radius 3 is 3.00 bits per heavy atom. The van der Waals surface area contributed by atoms with E-state index in [1.807, 2.05) is 11.4 Å². The summed E-state index contributed by atoms with van der Waals surface area (Å²) in [6.45, 7) is 0. The first-order chi connectivity index (χ1) is 8.72. The molecular weight excluding hydrogens is 251 g/mol. The van der Waals surface area contributed by atoms with E-state index in [1.54, 1.807) is 10.6 Å². The summed E-state index contributed by atoms with van der Waals surface area (Å²) in [4.78, 5) is 5.16. The topological polar surface area (TPSA) is 56.2 Å².